The Morgan fingerprint density at radius 2 is 2.46 bits per heavy atom. The first-order valence-electron chi connectivity index (χ1n) is 3.96. The van der Waals surface area contributed by atoms with Crippen LogP contribution in [0, 0.1) is 4.77 Å². The molecule has 1 heterocycles. The Hall–Kier alpha value is -0.550. The molecule has 0 aliphatic carbocycles. The first-order chi connectivity index (χ1) is 6.13. The molecule has 0 aliphatic rings. The van der Waals surface area contributed by atoms with Gasteiger partial charge in [0.1, 0.15) is 0 Å². The van der Waals surface area contributed by atoms with E-state index in [4.69, 9.17) is 12.2 Å². The maximum atomic E-state index is 10.9. The summed E-state index contributed by atoms with van der Waals surface area (Å²) in [4.78, 5) is 13.4. The molecule has 0 saturated carbocycles. The van der Waals surface area contributed by atoms with Crippen molar-refractivity contribution in [3.8, 4) is 0 Å². The number of thioether (sulfide) groups is 1. The van der Waals surface area contributed by atoms with E-state index in [-0.39, 0.29) is 5.56 Å². The number of aromatic amines is 1. The zero-order valence-electron chi connectivity index (χ0n) is 7.61. The summed E-state index contributed by atoms with van der Waals surface area (Å²) in [6, 6.07) is 1.49. The van der Waals surface area contributed by atoms with Crippen molar-refractivity contribution < 1.29 is 0 Å². The van der Waals surface area contributed by atoms with Crippen LogP contribution in [0.2, 0.25) is 0 Å². The third-order valence-electron chi connectivity index (χ3n) is 1.75. The highest BCUT2D eigenvalue weighted by Gasteiger charge is 2.00. The molecule has 72 valence electrons. The normalized spacial score (nSPS) is 12.8. The van der Waals surface area contributed by atoms with Crippen molar-refractivity contribution in [1.29, 1.82) is 0 Å². The molecule has 1 aromatic heterocycles. The molecule has 0 bridgehead atoms. The van der Waals surface area contributed by atoms with E-state index in [1.165, 1.54) is 6.07 Å². The first-order valence-corrected chi connectivity index (χ1v) is 5.65. The van der Waals surface area contributed by atoms with Gasteiger partial charge >= 0.3 is 0 Å². The van der Waals surface area contributed by atoms with E-state index in [1.807, 2.05) is 4.57 Å². The van der Waals surface area contributed by atoms with E-state index < -0.39 is 0 Å². The number of H-pyrrole nitrogens is 1. The highest BCUT2D eigenvalue weighted by atomic mass is 32.2. The number of aromatic nitrogens is 2. The minimum Gasteiger partial charge on any atom is -0.324 e. The lowest BCUT2D eigenvalue weighted by molar-refractivity contribution is 0.660. The minimum absolute atomic E-state index is 0.141. The second-order valence-electron chi connectivity index (χ2n) is 2.81. The quantitative estimate of drug-likeness (QED) is 0.781. The predicted octanol–water partition coefficient (Wildman–Crippen LogP) is 1.66. The zero-order chi connectivity index (χ0) is 9.84. The van der Waals surface area contributed by atoms with Crippen LogP contribution in [0.1, 0.15) is 6.92 Å². The van der Waals surface area contributed by atoms with Gasteiger partial charge in [-0.25, -0.2) is 0 Å². The molecular weight excluding hydrogens is 204 g/mol. The van der Waals surface area contributed by atoms with E-state index in [0.29, 0.717) is 10.0 Å². The molecule has 1 N–H and O–H groups in total. The van der Waals surface area contributed by atoms with E-state index in [0.717, 1.165) is 6.54 Å². The van der Waals surface area contributed by atoms with Crippen molar-refractivity contribution in [2.75, 3.05) is 6.26 Å². The van der Waals surface area contributed by atoms with Crippen molar-refractivity contribution in [3.05, 3.63) is 27.4 Å². The predicted molar refractivity (Wildman–Crippen MR) is 58.9 cm³/mol. The van der Waals surface area contributed by atoms with E-state index >= 15 is 0 Å². The fourth-order valence-corrected chi connectivity index (χ4v) is 1.49. The molecular formula is C8H12N2OS2. The third-order valence-corrected chi connectivity index (χ3v) is 3.04. The van der Waals surface area contributed by atoms with E-state index in [2.05, 4.69) is 18.2 Å². The first kappa shape index (κ1) is 10.5. The van der Waals surface area contributed by atoms with Crippen LogP contribution < -0.4 is 5.56 Å². The van der Waals surface area contributed by atoms with Crippen LogP contribution in [0.4, 0.5) is 0 Å². The topological polar surface area (TPSA) is 37.8 Å². The van der Waals surface area contributed by atoms with E-state index in [1.54, 1.807) is 18.0 Å². The largest absolute Gasteiger partial charge is 0.324 e. The fraction of sp³-hybridized carbons (Fsp3) is 0.500. The van der Waals surface area contributed by atoms with Gasteiger partial charge in [-0.1, -0.05) is 6.92 Å². The van der Waals surface area contributed by atoms with Crippen molar-refractivity contribution in [2.45, 2.75) is 18.7 Å². The van der Waals surface area contributed by atoms with Gasteiger partial charge in [-0.3, -0.25) is 9.78 Å². The summed E-state index contributed by atoms with van der Waals surface area (Å²) in [6.45, 7) is 2.95. The molecule has 0 saturated heterocycles. The molecule has 13 heavy (non-hydrogen) atoms. The Balaban J connectivity index is 2.90. The van der Waals surface area contributed by atoms with Crippen molar-refractivity contribution in [1.82, 2.24) is 9.55 Å². The summed E-state index contributed by atoms with van der Waals surface area (Å²) in [6.07, 6.45) is 3.79. The highest BCUT2D eigenvalue weighted by Crippen LogP contribution is 2.07. The van der Waals surface area contributed by atoms with Gasteiger partial charge in [-0.05, 0) is 18.5 Å². The Bertz CT molecular complexity index is 382. The van der Waals surface area contributed by atoms with Gasteiger partial charge in [0, 0.05) is 24.1 Å². The van der Waals surface area contributed by atoms with Gasteiger partial charge in [-0.2, -0.15) is 11.8 Å². The number of hydrogen-bond acceptors (Lipinski definition) is 3. The van der Waals surface area contributed by atoms with Crippen molar-refractivity contribution in [2.24, 2.45) is 0 Å². The summed E-state index contributed by atoms with van der Waals surface area (Å²) in [5.41, 5.74) is -0.141. The van der Waals surface area contributed by atoms with Crippen LogP contribution in [-0.2, 0) is 6.54 Å². The van der Waals surface area contributed by atoms with Crippen molar-refractivity contribution >= 4 is 24.0 Å². The number of nitrogens with one attached hydrogen (secondary N) is 1. The summed E-state index contributed by atoms with van der Waals surface area (Å²) >= 11 is 6.78. The smallest absolute Gasteiger partial charge is 0.251 e. The molecule has 0 spiro atoms. The average Bonchev–Trinajstić information content (AvgIpc) is 2.09. The molecule has 0 amide bonds. The van der Waals surface area contributed by atoms with Crippen LogP contribution in [-0.4, -0.2) is 21.1 Å². The maximum absolute atomic E-state index is 10.9. The second kappa shape index (κ2) is 4.62. The Labute approximate surface area is 86.2 Å². The SMILES string of the molecule is CSC(C)Cn1ccc(=O)[nH]c1=S. The van der Waals surface area contributed by atoms with Crippen LogP contribution in [0.25, 0.3) is 0 Å². The van der Waals surface area contributed by atoms with Gasteiger partial charge in [0.05, 0.1) is 0 Å². The highest BCUT2D eigenvalue weighted by molar-refractivity contribution is 7.99. The molecule has 1 unspecified atom stereocenters. The molecule has 1 aromatic rings. The molecule has 1 rings (SSSR count). The van der Waals surface area contributed by atoms with Crippen LogP contribution in [0.5, 0.6) is 0 Å². The maximum Gasteiger partial charge on any atom is 0.251 e. The number of rotatable bonds is 3. The van der Waals surface area contributed by atoms with Gasteiger partial charge in [0.15, 0.2) is 4.77 Å². The molecule has 1 atom stereocenters. The Morgan fingerprint density at radius 1 is 1.77 bits per heavy atom. The molecule has 0 aromatic carbocycles. The number of hydrogen-bond donors (Lipinski definition) is 1. The summed E-state index contributed by atoms with van der Waals surface area (Å²) in [7, 11) is 0. The van der Waals surface area contributed by atoms with E-state index in [9.17, 15) is 4.79 Å². The standard InChI is InChI=1S/C8H12N2OS2/c1-6(13-2)5-10-4-3-7(11)9-8(10)12/h3-4,6H,5H2,1-2H3,(H,9,11,12). The molecule has 0 aliphatic heterocycles. The van der Waals surface area contributed by atoms with Gasteiger partial charge < -0.3 is 4.57 Å². The Kier molecular flexibility index (Phi) is 3.74. The summed E-state index contributed by atoms with van der Waals surface area (Å²) < 4.78 is 2.37. The average molecular weight is 216 g/mol. The van der Waals surface area contributed by atoms with Gasteiger partial charge in [0.2, 0.25) is 0 Å². The second-order valence-corrected chi connectivity index (χ2v) is 4.47. The third kappa shape index (κ3) is 3.00. The molecule has 0 fully saturated rings. The van der Waals surface area contributed by atoms with Crippen LogP contribution in [0.3, 0.4) is 0 Å². The summed E-state index contributed by atoms with van der Waals surface area (Å²) in [5.74, 6) is 0. The lowest BCUT2D eigenvalue weighted by atomic mass is 10.4. The van der Waals surface area contributed by atoms with Gasteiger partial charge in [-0.15, -0.1) is 0 Å². The zero-order valence-corrected chi connectivity index (χ0v) is 9.24. The molecule has 0 radical (unpaired) electrons. The summed E-state index contributed by atoms with van der Waals surface area (Å²) in [5, 5.41) is 0.498. The van der Waals surface area contributed by atoms with Crippen LogP contribution in [0.15, 0.2) is 17.1 Å². The molecule has 3 nitrogen and oxygen atoms in total. The Morgan fingerprint density at radius 3 is 3.00 bits per heavy atom. The van der Waals surface area contributed by atoms with Gasteiger partial charge in [0.25, 0.3) is 5.56 Å². The fourth-order valence-electron chi connectivity index (χ4n) is 0.940. The minimum atomic E-state index is -0.141. The lowest BCUT2D eigenvalue weighted by Crippen LogP contribution is -2.15. The van der Waals surface area contributed by atoms with Crippen molar-refractivity contribution in [3.63, 3.8) is 0 Å². The number of nitrogens with zero attached hydrogens (tertiary/aromatic N) is 1. The lowest BCUT2D eigenvalue weighted by Gasteiger charge is -2.10. The molecule has 5 heteroatoms. The van der Waals surface area contributed by atoms with Crippen LogP contribution >= 0.6 is 24.0 Å². The monoisotopic (exact) mass is 216 g/mol.